The Bertz CT molecular complexity index is 1680. The number of rotatable bonds is 7. The SMILES string of the molecule is CC(C)Cc1nc(N2CCN(C(=O)c3cccc(Br)c3)CC2)c2c(-c3cccc(Oc4ccccc4)c3)noc2n1. The first-order chi connectivity index (χ1) is 19.9. The average Bonchev–Trinajstić information content (AvgIpc) is 3.41. The molecule has 9 heteroatoms. The summed E-state index contributed by atoms with van der Waals surface area (Å²) in [5, 5.41) is 5.22. The van der Waals surface area contributed by atoms with Crippen molar-refractivity contribution in [1.29, 1.82) is 0 Å². The van der Waals surface area contributed by atoms with Crippen LogP contribution >= 0.6 is 15.9 Å². The van der Waals surface area contributed by atoms with Gasteiger partial charge in [-0.25, -0.2) is 4.98 Å². The van der Waals surface area contributed by atoms with E-state index in [2.05, 4.69) is 39.8 Å². The number of halogens is 1. The number of piperazine rings is 1. The van der Waals surface area contributed by atoms with Crippen LogP contribution in [0.2, 0.25) is 0 Å². The van der Waals surface area contributed by atoms with Crippen molar-refractivity contribution in [3.8, 4) is 22.8 Å². The van der Waals surface area contributed by atoms with Crippen LogP contribution < -0.4 is 9.64 Å². The number of ether oxygens (including phenoxy) is 1. The lowest BCUT2D eigenvalue weighted by molar-refractivity contribution is 0.0746. The van der Waals surface area contributed by atoms with Crippen molar-refractivity contribution < 1.29 is 14.1 Å². The van der Waals surface area contributed by atoms with Crippen molar-refractivity contribution in [3.63, 3.8) is 0 Å². The van der Waals surface area contributed by atoms with E-state index in [9.17, 15) is 4.79 Å². The predicted octanol–water partition coefficient (Wildman–Crippen LogP) is 7.00. The van der Waals surface area contributed by atoms with Crippen LogP contribution in [-0.4, -0.2) is 52.1 Å². The molecule has 6 rings (SSSR count). The number of aromatic nitrogens is 3. The first kappa shape index (κ1) is 27.0. The smallest absolute Gasteiger partial charge is 0.263 e. The molecule has 8 nitrogen and oxygen atoms in total. The predicted molar refractivity (Wildman–Crippen MR) is 162 cm³/mol. The molecule has 2 aromatic heterocycles. The molecule has 0 bridgehead atoms. The second-order valence-corrected chi connectivity index (χ2v) is 11.4. The molecule has 5 aromatic rings. The molecule has 3 heterocycles. The molecule has 0 unspecified atom stereocenters. The van der Waals surface area contributed by atoms with Crippen LogP contribution in [0.25, 0.3) is 22.4 Å². The fourth-order valence-electron chi connectivity index (χ4n) is 5.02. The molecule has 0 N–H and O–H groups in total. The number of carbonyl (C=O) groups is 1. The van der Waals surface area contributed by atoms with Gasteiger partial charge in [0.1, 0.15) is 34.2 Å². The molecule has 41 heavy (non-hydrogen) atoms. The molecule has 0 radical (unpaired) electrons. The van der Waals surface area contributed by atoms with Crippen LogP contribution in [-0.2, 0) is 6.42 Å². The van der Waals surface area contributed by atoms with Gasteiger partial charge in [-0.3, -0.25) is 4.79 Å². The van der Waals surface area contributed by atoms with E-state index >= 15 is 0 Å². The maximum absolute atomic E-state index is 13.2. The summed E-state index contributed by atoms with van der Waals surface area (Å²) in [5.41, 5.74) is 2.65. The maximum Gasteiger partial charge on any atom is 0.263 e. The largest absolute Gasteiger partial charge is 0.457 e. The highest BCUT2D eigenvalue weighted by Gasteiger charge is 2.28. The Morgan fingerprint density at radius 2 is 1.68 bits per heavy atom. The Morgan fingerprint density at radius 3 is 2.44 bits per heavy atom. The summed E-state index contributed by atoms with van der Waals surface area (Å²) in [6.45, 7) is 6.71. The van der Waals surface area contributed by atoms with E-state index in [0.29, 0.717) is 54.8 Å². The van der Waals surface area contributed by atoms with Crippen LogP contribution in [0.4, 0.5) is 5.82 Å². The Kier molecular flexibility index (Phi) is 7.69. The Hall–Kier alpha value is -4.24. The lowest BCUT2D eigenvalue weighted by Gasteiger charge is -2.35. The van der Waals surface area contributed by atoms with Crippen LogP contribution in [0, 0.1) is 5.92 Å². The fraction of sp³-hybridized carbons (Fsp3) is 0.250. The molecule has 1 amide bonds. The average molecular weight is 613 g/mol. The number of anilines is 1. The topological polar surface area (TPSA) is 84.6 Å². The zero-order valence-corrected chi connectivity index (χ0v) is 24.5. The number of fused-ring (bicyclic) bond motifs is 1. The minimum atomic E-state index is 0.0279. The Balaban J connectivity index is 1.32. The van der Waals surface area contributed by atoms with Gasteiger partial charge in [0.25, 0.3) is 11.6 Å². The Morgan fingerprint density at radius 1 is 0.927 bits per heavy atom. The van der Waals surface area contributed by atoms with Gasteiger partial charge in [0, 0.05) is 48.2 Å². The van der Waals surface area contributed by atoms with Crippen LogP contribution in [0.5, 0.6) is 11.5 Å². The van der Waals surface area contributed by atoms with E-state index < -0.39 is 0 Å². The third-order valence-corrected chi connectivity index (χ3v) is 7.47. The highest BCUT2D eigenvalue weighted by molar-refractivity contribution is 9.10. The number of amides is 1. The van der Waals surface area contributed by atoms with E-state index in [-0.39, 0.29) is 5.91 Å². The Labute approximate surface area is 247 Å². The maximum atomic E-state index is 13.2. The van der Waals surface area contributed by atoms with E-state index in [1.54, 1.807) is 0 Å². The summed E-state index contributed by atoms with van der Waals surface area (Å²) in [6, 6.07) is 25.0. The van der Waals surface area contributed by atoms with Gasteiger partial charge in [-0.1, -0.05) is 71.3 Å². The molecule has 0 spiro atoms. The lowest BCUT2D eigenvalue weighted by atomic mass is 10.1. The molecule has 0 atom stereocenters. The van der Waals surface area contributed by atoms with Crippen molar-refractivity contribution >= 4 is 38.8 Å². The third kappa shape index (κ3) is 5.95. The second-order valence-electron chi connectivity index (χ2n) is 10.5. The summed E-state index contributed by atoms with van der Waals surface area (Å²) < 4.78 is 12.8. The quantitative estimate of drug-likeness (QED) is 0.196. The van der Waals surface area contributed by atoms with Crippen LogP contribution in [0.3, 0.4) is 0 Å². The second kappa shape index (κ2) is 11.7. The number of carbonyl (C=O) groups excluding carboxylic acids is 1. The summed E-state index contributed by atoms with van der Waals surface area (Å²) in [6.07, 6.45) is 0.723. The monoisotopic (exact) mass is 611 g/mol. The first-order valence-corrected chi connectivity index (χ1v) is 14.5. The zero-order chi connectivity index (χ0) is 28.3. The van der Waals surface area contributed by atoms with Gasteiger partial charge >= 0.3 is 0 Å². The van der Waals surface area contributed by atoms with Gasteiger partial charge in [-0.15, -0.1) is 0 Å². The van der Waals surface area contributed by atoms with Gasteiger partial charge in [0.15, 0.2) is 0 Å². The van der Waals surface area contributed by atoms with Gasteiger partial charge in [-0.05, 0) is 48.4 Å². The minimum Gasteiger partial charge on any atom is -0.457 e. The standard InChI is InChI=1S/C32H30BrN5O3/c1-21(2)18-27-34-30(37-14-16-38(17-15-37)32(39)23-9-6-10-24(33)19-23)28-29(36-41-31(28)35-27)22-8-7-13-26(20-22)40-25-11-4-3-5-12-25/h3-13,19-21H,14-18H2,1-2H3. The summed E-state index contributed by atoms with van der Waals surface area (Å²) in [7, 11) is 0. The zero-order valence-electron chi connectivity index (χ0n) is 23.0. The van der Waals surface area contributed by atoms with Crippen LogP contribution in [0.15, 0.2) is 87.9 Å². The molecule has 1 fully saturated rings. The van der Waals surface area contributed by atoms with E-state index in [1.165, 1.54) is 0 Å². The van der Waals surface area contributed by atoms with Crippen molar-refractivity contribution in [1.82, 2.24) is 20.0 Å². The molecule has 208 valence electrons. The number of benzene rings is 3. The number of hydrogen-bond acceptors (Lipinski definition) is 7. The normalized spacial score (nSPS) is 13.7. The van der Waals surface area contributed by atoms with Crippen molar-refractivity contribution in [3.05, 3.63) is 94.7 Å². The number of para-hydroxylation sites is 1. The third-order valence-electron chi connectivity index (χ3n) is 6.98. The highest BCUT2D eigenvalue weighted by atomic mass is 79.9. The summed E-state index contributed by atoms with van der Waals surface area (Å²) in [5.74, 6) is 3.37. The summed E-state index contributed by atoms with van der Waals surface area (Å²) in [4.78, 5) is 27.0. The van der Waals surface area contributed by atoms with Gasteiger partial charge in [-0.2, -0.15) is 4.98 Å². The molecule has 1 aliphatic heterocycles. The summed E-state index contributed by atoms with van der Waals surface area (Å²) >= 11 is 3.47. The molecular weight excluding hydrogens is 582 g/mol. The minimum absolute atomic E-state index is 0.0279. The van der Waals surface area contributed by atoms with E-state index in [0.717, 1.165) is 39.2 Å². The van der Waals surface area contributed by atoms with Gasteiger partial charge in [0.05, 0.1) is 0 Å². The number of nitrogens with zero attached hydrogens (tertiary/aromatic N) is 5. The van der Waals surface area contributed by atoms with E-state index in [1.807, 2.05) is 83.8 Å². The fourth-order valence-corrected chi connectivity index (χ4v) is 5.42. The molecule has 0 aliphatic carbocycles. The van der Waals surface area contributed by atoms with E-state index in [4.69, 9.17) is 19.2 Å². The highest BCUT2D eigenvalue weighted by Crippen LogP contribution is 2.36. The van der Waals surface area contributed by atoms with Gasteiger partial charge in [0.2, 0.25) is 0 Å². The van der Waals surface area contributed by atoms with Gasteiger partial charge < -0.3 is 19.1 Å². The number of hydrogen-bond donors (Lipinski definition) is 0. The lowest BCUT2D eigenvalue weighted by Crippen LogP contribution is -2.49. The molecule has 0 saturated carbocycles. The molecule has 1 aliphatic rings. The van der Waals surface area contributed by atoms with Crippen LogP contribution in [0.1, 0.15) is 30.0 Å². The molecule has 3 aromatic carbocycles. The first-order valence-electron chi connectivity index (χ1n) is 13.7. The van der Waals surface area contributed by atoms with Crippen molar-refractivity contribution in [2.24, 2.45) is 5.92 Å². The molecule has 1 saturated heterocycles. The van der Waals surface area contributed by atoms with Crippen molar-refractivity contribution in [2.75, 3.05) is 31.1 Å². The molecular formula is C32H30BrN5O3. The van der Waals surface area contributed by atoms with Crippen molar-refractivity contribution in [2.45, 2.75) is 20.3 Å².